The second kappa shape index (κ2) is 6.83. The summed E-state index contributed by atoms with van der Waals surface area (Å²) in [6.45, 7) is 1.75. The Labute approximate surface area is 149 Å². The zero-order valence-corrected chi connectivity index (χ0v) is 14.0. The standard InChI is InChI=1S/C19H14ClNO4/c1-11-6-7-12(18(21)22)10-17(11)25-19(23)16-9-8-15(24-16)13-4-2-3-5-14(13)20/h2-10H,1H3,(H2,21,22). The molecular formula is C19H14ClNO4. The lowest BCUT2D eigenvalue weighted by molar-refractivity contribution is 0.0700. The predicted octanol–water partition coefficient (Wildman–Crippen LogP) is 4.23. The first-order valence-corrected chi connectivity index (χ1v) is 7.81. The minimum absolute atomic E-state index is 0.0267. The topological polar surface area (TPSA) is 82.5 Å². The highest BCUT2D eigenvalue weighted by atomic mass is 35.5. The van der Waals surface area contributed by atoms with Crippen LogP contribution in [-0.4, -0.2) is 11.9 Å². The van der Waals surface area contributed by atoms with E-state index in [1.807, 2.05) is 6.07 Å². The maximum absolute atomic E-state index is 12.3. The molecule has 1 heterocycles. The van der Waals surface area contributed by atoms with E-state index in [0.717, 1.165) is 0 Å². The minimum Gasteiger partial charge on any atom is -0.449 e. The molecule has 0 bridgehead atoms. The summed E-state index contributed by atoms with van der Waals surface area (Å²) >= 11 is 6.13. The normalized spacial score (nSPS) is 10.5. The number of carbonyl (C=O) groups excluding carboxylic acids is 2. The van der Waals surface area contributed by atoms with Gasteiger partial charge in [-0.15, -0.1) is 0 Å². The van der Waals surface area contributed by atoms with Crippen LogP contribution < -0.4 is 10.5 Å². The zero-order chi connectivity index (χ0) is 18.0. The van der Waals surface area contributed by atoms with Gasteiger partial charge in [0.15, 0.2) is 0 Å². The number of hydrogen-bond donors (Lipinski definition) is 1. The molecule has 6 heteroatoms. The number of hydrogen-bond acceptors (Lipinski definition) is 4. The maximum atomic E-state index is 12.3. The first-order valence-electron chi connectivity index (χ1n) is 7.43. The van der Waals surface area contributed by atoms with Crippen molar-refractivity contribution in [3.63, 3.8) is 0 Å². The molecule has 25 heavy (non-hydrogen) atoms. The monoisotopic (exact) mass is 355 g/mol. The predicted molar refractivity (Wildman–Crippen MR) is 93.8 cm³/mol. The summed E-state index contributed by atoms with van der Waals surface area (Å²) in [5.41, 5.74) is 6.87. The third kappa shape index (κ3) is 3.56. The molecule has 3 aromatic rings. The molecule has 0 fully saturated rings. The number of furan rings is 1. The molecule has 0 saturated carbocycles. The van der Waals surface area contributed by atoms with E-state index in [1.54, 1.807) is 43.3 Å². The smallest absolute Gasteiger partial charge is 0.379 e. The van der Waals surface area contributed by atoms with Crippen LogP contribution in [0.2, 0.25) is 5.02 Å². The van der Waals surface area contributed by atoms with Crippen LogP contribution in [0.5, 0.6) is 5.75 Å². The molecule has 2 aromatic carbocycles. The second-order valence-corrected chi connectivity index (χ2v) is 5.78. The third-order valence-corrected chi connectivity index (χ3v) is 3.95. The fourth-order valence-electron chi connectivity index (χ4n) is 2.27. The Morgan fingerprint density at radius 1 is 1.08 bits per heavy atom. The number of ether oxygens (including phenoxy) is 1. The summed E-state index contributed by atoms with van der Waals surface area (Å²) in [5.74, 6) is -0.546. The number of rotatable bonds is 4. The van der Waals surface area contributed by atoms with Crippen LogP contribution in [0.25, 0.3) is 11.3 Å². The van der Waals surface area contributed by atoms with Crippen LogP contribution in [0.3, 0.4) is 0 Å². The maximum Gasteiger partial charge on any atom is 0.379 e. The molecule has 0 aliphatic rings. The van der Waals surface area contributed by atoms with Crippen LogP contribution in [0.4, 0.5) is 0 Å². The van der Waals surface area contributed by atoms with Gasteiger partial charge >= 0.3 is 5.97 Å². The number of carbonyl (C=O) groups is 2. The van der Waals surface area contributed by atoms with E-state index in [9.17, 15) is 9.59 Å². The summed E-state index contributed by atoms with van der Waals surface area (Å²) in [7, 11) is 0. The van der Waals surface area contributed by atoms with Crippen LogP contribution >= 0.6 is 11.6 Å². The van der Waals surface area contributed by atoms with Crippen molar-refractivity contribution in [2.24, 2.45) is 5.73 Å². The van der Waals surface area contributed by atoms with Crippen molar-refractivity contribution in [2.75, 3.05) is 0 Å². The van der Waals surface area contributed by atoms with Crippen molar-refractivity contribution >= 4 is 23.5 Å². The number of amides is 1. The molecule has 126 valence electrons. The quantitative estimate of drug-likeness (QED) is 0.561. The molecule has 3 rings (SSSR count). The Bertz CT molecular complexity index is 962. The molecule has 0 aliphatic carbocycles. The molecule has 5 nitrogen and oxygen atoms in total. The summed E-state index contributed by atoms with van der Waals surface area (Å²) in [6, 6.07) is 14.9. The van der Waals surface area contributed by atoms with Gasteiger partial charge in [0.1, 0.15) is 11.5 Å². The van der Waals surface area contributed by atoms with Gasteiger partial charge in [-0.05, 0) is 48.9 Å². The molecule has 0 unspecified atom stereocenters. The Morgan fingerprint density at radius 2 is 1.84 bits per heavy atom. The zero-order valence-electron chi connectivity index (χ0n) is 13.3. The summed E-state index contributed by atoms with van der Waals surface area (Å²) in [4.78, 5) is 23.6. The SMILES string of the molecule is Cc1ccc(C(N)=O)cc1OC(=O)c1ccc(-c2ccccc2Cl)o1. The lowest BCUT2D eigenvalue weighted by atomic mass is 10.1. The Hall–Kier alpha value is -3.05. The number of benzene rings is 2. The molecule has 0 atom stereocenters. The molecule has 0 spiro atoms. The van der Waals surface area contributed by atoms with E-state index < -0.39 is 11.9 Å². The van der Waals surface area contributed by atoms with Crippen molar-refractivity contribution < 1.29 is 18.7 Å². The first kappa shape index (κ1) is 16.8. The molecule has 0 saturated heterocycles. The van der Waals surface area contributed by atoms with E-state index in [0.29, 0.717) is 21.9 Å². The van der Waals surface area contributed by atoms with Gasteiger partial charge in [-0.1, -0.05) is 29.8 Å². The van der Waals surface area contributed by atoms with Gasteiger partial charge in [-0.3, -0.25) is 4.79 Å². The number of halogens is 1. The van der Waals surface area contributed by atoms with E-state index >= 15 is 0 Å². The Balaban J connectivity index is 1.85. The second-order valence-electron chi connectivity index (χ2n) is 5.38. The van der Waals surface area contributed by atoms with Crippen LogP contribution in [0.15, 0.2) is 59.0 Å². The highest BCUT2D eigenvalue weighted by molar-refractivity contribution is 6.33. The van der Waals surface area contributed by atoms with Crippen LogP contribution in [0.1, 0.15) is 26.5 Å². The highest BCUT2D eigenvalue weighted by Crippen LogP contribution is 2.29. The van der Waals surface area contributed by atoms with Gasteiger partial charge in [0, 0.05) is 11.1 Å². The van der Waals surface area contributed by atoms with E-state index in [1.165, 1.54) is 12.1 Å². The van der Waals surface area contributed by atoms with Crippen molar-refractivity contribution in [2.45, 2.75) is 6.92 Å². The lowest BCUT2D eigenvalue weighted by Crippen LogP contribution is -2.13. The largest absolute Gasteiger partial charge is 0.449 e. The first-order chi connectivity index (χ1) is 12.0. The average molecular weight is 356 g/mol. The number of nitrogens with two attached hydrogens (primary N) is 1. The summed E-state index contributed by atoms with van der Waals surface area (Å²) in [6.07, 6.45) is 0. The molecule has 0 aliphatic heterocycles. The van der Waals surface area contributed by atoms with Crippen molar-refractivity contribution in [3.8, 4) is 17.1 Å². The lowest BCUT2D eigenvalue weighted by Gasteiger charge is -2.07. The minimum atomic E-state index is -0.678. The van der Waals surface area contributed by atoms with Crippen molar-refractivity contribution in [3.05, 3.63) is 76.5 Å². The number of esters is 1. The molecule has 1 amide bonds. The Morgan fingerprint density at radius 3 is 2.56 bits per heavy atom. The third-order valence-electron chi connectivity index (χ3n) is 3.62. The van der Waals surface area contributed by atoms with Crippen molar-refractivity contribution in [1.82, 2.24) is 0 Å². The van der Waals surface area contributed by atoms with Crippen LogP contribution in [0, 0.1) is 6.92 Å². The van der Waals surface area contributed by atoms with Gasteiger partial charge in [-0.25, -0.2) is 4.79 Å². The van der Waals surface area contributed by atoms with Gasteiger partial charge in [-0.2, -0.15) is 0 Å². The van der Waals surface area contributed by atoms with Crippen LogP contribution in [-0.2, 0) is 0 Å². The fourth-order valence-corrected chi connectivity index (χ4v) is 2.50. The number of primary amides is 1. The van der Waals surface area contributed by atoms with E-state index in [2.05, 4.69) is 0 Å². The van der Waals surface area contributed by atoms with Gasteiger partial charge in [0.2, 0.25) is 11.7 Å². The van der Waals surface area contributed by atoms with E-state index in [-0.39, 0.29) is 17.1 Å². The summed E-state index contributed by atoms with van der Waals surface area (Å²) < 4.78 is 10.9. The molecule has 0 radical (unpaired) electrons. The molecule has 2 N–H and O–H groups in total. The highest BCUT2D eigenvalue weighted by Gasteiger charge is 2.17. The average Bonchev–Trinajstić information content (AvgIpc) is 3.07. The number of aryl methyl sites for hydroxylation is 1. The Kier molecular flexibility index (Phi) is 4.59. The van der Waals surface area contributed by atoms with Gasteiger partial charge < -0.3 is 14.9 Å². The van der Waals surface area contributed by atoms with Crippen molar-refractivity contribution in [1.29, 1.82) is 0 Å². The fraction of sp³-hybridized carbons (Fsp3) is 0.0526. The van der Waals surface area contributed by atoms with Gasteiger partial charge in [0.25, 0.3) is 0 Å². The molecule has 1 aromatic heterocycles. The molecular weight excluding hydrogens is 342 g/mol. The van der Waals surface area contributed by atoms with Gasteiger partial charge in [0.05, 0.1) is 5.02 Å². The summed E-state index contributed by atoms with van der Waals surface area (Å²) in [5, 5.41) is 0.516. The van der Waals surface area contributed by atoms with E-state index in [4.69, 9.17) is 26.5 Å².